The van der Waals surface area contributed by atoms with E-state index in [1.54, 1.807) is 0 Å². The van der Waals surface area contributed by atoms with Gasteiger partial charge in [0.1, 0.15) is 11.2 Å². The molecule has 13 rings (SSSR count). The smallest absolute Gasteiger partial charge is 0.143 e. The van der Waals surface area contributed by atoms with Crippen molar-refractivity contribution in [3.05, 3.63) is 235 Å². The van der Waals surface area contributed by atoms with E-state index in [0.717, 1.165) is 55.5 Å². The third-order valence-electron chi connectivity index (χ3n) is 14.9. The van der Waals surface area contributed by atoms with Crippen molar-refractivity contribution in [2.45, 2.75) is 38.5 Å². The van der Waals surface area contributed by atoms with Crippen LogP contribution < -0.4 is 4.90 Å². The van der Waals surface area contributed by atoms with E-state index < -0.39 is 0 Å². The van der Waals surface area contributed by atoms with Gasteiger partial charge in [0.05, 0.1) is 5.69 Å². The summed E-state index contributed by atoms with van der Waals surface area (Å²) in [4.78, 5) is 2.45. The molecule has 0 atom stereocenters. The number of hydrogen-bond donors (Lipinski definition) is 0. The number of fused-ring (bicyclic) bond motifs is 11. The largest absolute Gasteiger partial charge is 0.455 e. The minimum atomic E-state index is -0.116. The number of nitrogens with zero attached hydrogens (tertiary/aromatic N) is 1. The van der Waals surface area contributed by atoms with Crippen molar-refractivity contribution >= 4 is 49.8 Å². The lowest BCUT2D eigenvalue weighted by molar-refractivity contribution is 0.660. The van der Waals surface area contributed by atoms with E-state index in [2.05, 4.69) is 245 Å². The highest BCUT2D eigenvalue weighted by Crippen LogP contribution is 2.54. The van der Waals surface area contributed by atoms with Crippen LogP contribution in [-0.4, -0.2) is 0 Å². The standard InChI is InChI=1S/C64H47NO/c1-63(2)55-26-10-7-21-50(55)52-36-33-43(39-57(52)63)46-19-9-12-28-58(46)65(44-34-30-41(31-35-44)48-24-14-25-53-51-22-8-11-27-56(51)64(3,4)61(48)53)45-18-13-17-42(38-45)47-23-15-29-59-60(47)54-37-32-40-16-5-6-20-49(40)62(54)66-59/h5-39H,1-4H3. The van der Waals surface area contributed by atoms with Crippen molar-refractivity contribution in [2.75, 3.05) is 4.90 Å². The fourth-order valence-corrected chi connectivity index (χ4v) is 11.7. The van der Waals surface area contributed by atoms with Crippen LogP contribution in [0.3, 0.4) is 0 Å². The van der Waals surface area contributed by atoms with Gasteiger partial charge in [-0.05, 0) is 126 Å². The first kappa shape index (κ1) is 38.5. The van der Waals surface area contributed by atoms with Crippen LogP contribution in [0.25, 0.3) is 88.3 Å². The summed E-state index contributed by atoms with van der Waals surface area (Å²) in [6, 6.07) is 78.3. The zero-order chi connectivity index (χ0) is 44.3. The minimum Gasteiger partial charge on any atom is -0.455 e. The molecular weight excluding hydrogens is 799 g/mol. The van der Waals surface area contributed by atoms with E-state index in [4.69, 9.17) is 4.42 Å². The fraction of sp³-hybridized carbons (Fsp3) is 0.0938. The third kappa shape index (κ3) is 5.61. The molecule has 1 heterocycles. The summed E-state index contributed by atoms with van der Waals surface area (Å²) < 4.78 is 6.67. The summed E-state index contributed by atoms with van der Waals surface area (Å²) in [5.41, 5.74) is 22.9. The van der Waals surface area contributed by atoms with Crippen molar-refractivity contribution in [1.29, 1.82) is 0 Å². The summed E-state index contributed by atoms with van der Waals surface area (Å²) in [6.07, 6.45) is 0. The second-order valence-corrected chi connectivity index (χ2v) is 19.2. The van der Waals surface area contributed by atoms with Gasteiger partial charge < -0.3 is 9.32 Å². The van der Waals surface area contributed by atoms with Gasteiger partial charge in [0.2, 0.25) is 0 Å². The molecule has 2 aliphatic rings. The molecule has 10 aromatic carbocycles. The molecule has 0 saturated heterocycles. The molecule has 0 unspecified atom stereocenters. The lowest BCUT2D eigenvalue weighted by Crippen LogP contribution is -2.16. The first-order valence-corrected chi connectivity index (χ1v) is 23.2. The number of benzene rings is 10. The molecule has 0 amide bonds. The Morgan fingerprint density at radius 3 is 1.80 bits per heavy atom. The van der Waals surface area contributed by atoms with Crippen LogP contribution in [0.15, 0.2) is 217 Å². The Labute approximate surface area is 386 Å². The van der Waals surface area contributed by atoms with Crippen molar-refractivity contribution < 1.29 is 4.42 Å². The Bertz CT molecular complexity index is 3770. The maximum absolute atomic E-state index is 6.67. The summed E-state index contributed by atoms with van der Waals surface area (Å²) in [7, 11) is 0. The molecular formula is C64H47NO. The van der Waals surface area contributed by atoms with Gasteiger partial charge in [0, 0.05) is 43.9 Å². The SMILES string of the molecule is CC1(C)c2ccccc2-c2ccc(-c3ccccc3N(c3ccc(-c4cccc5c4C(C)(C)c4ccccc4-5)cc3)c3cccc(-c4cccc5oc6c7ccccc7ccc6c45)c3)cc21. The molecule has 0 spiro atoms. The number of rotatable bonds is 6. The molecule has 0 N–H and O–H groups in total. The quantitative estimate of drug-likeness (QED) is 0.166. The molecule has 2 nitrogen and oxygen atoms in total. The van der Waals surface area contributed by atoms with Crippen molar-refractivity contribution in [3.8, 4) is 55.6 Å². The van der Waals surface area contributed by atoms with Gasteiger partial charge in [-0.15, -0.1) is 0 Å². The van der Waals surface area contributed by atoms with Crippen molar-refractivity contribution in [3.63, 3.8) is 0 Å². The van der Waals surface area contributed by atoms with Gasteiger partial charge in [-0.1, -0.05) is 191 Å². The maximum atomic E-state index is 6.67. The first-order chi connectivity index (χ1) is 32.3. The minimum absolute atomic E-state index is 0.112. The van der Waals surface area contributed by atoms with Crippen LogP contribution in [0.4, 0.5) is 17.1 Å². The van der Waals surface area contributed by atoms with Crippen molar-refractivity contribution in [1.82, 2.24) is 0 Å². The molecule has 11 aromatic rings. The van der Waals surface area contributed by atoms with E-state index in [1.165, 1.54) is 72.1 Å². The molecule has 66 heavy (non-hydrogen) atoms. The number of anilines is 3. The number of hydrogen-bond acceptors (Lipinski definition) is 2. The predicted octanol–water partition coefficient (Wildman–Crippen LogP) is 17.8. The molecule has 1 aromatic heterocycles. The molecule has 0 bridgehead atoms. The molecule has 0 saturated carbocycles. The summed E-state index contributed by atoms with van der Waals surface area (Å²) in [5.74, 6) is 0. The average molecular weight is 846 g/mol. The molecule has 2 aliphatic carbocycles. The zero-order valence-electron chi connectivity index (χ0n) is 37.6. The number of furan rings is 1. The van der Waals surface area contributed by atoms with Crippen molar-refractivity contribution in [2.24, 2.45) is 0 Å². The van der Waals surface area contributed by atoms with E-state index in [1.807, 2.05) is 0 Å². The van der Waals surface area contributed by atoms with E-state index in [9.17, 15) is 0 Å². The lowest BCUT2D eigenvalue weighted by atomic mass is 9.79. The summed E-state index contributed by atoms with van der Waals surface area (Å²) >= 11 is 0. The monoisotopic (exact) mass is 845 g/mol. The predicted molar refractivity (Wildman–Crippen MR) is 277 cm³/mol. The second-order valence-electron chi connectivity index (χ2n) is 19.2. The van der Waals surface area contributed by atoms with Crippen LogP contribution in [0, 0.1) is 0 Å². The van der Waals surface area contributed by atoms with Gasteiger partial charge in [-0.25, -0.2) is 0 Å². The average Bonchev–Trinajstić information content (AvgIpc) is 3.95. The van der Waals surface area contributed by atoms with Gasteiger partial charge in [-0.3, -0.25) is 0 Å². The highest BCUT2D eigenvalue weighted by atomic mass is 16.3. The zero-order valence-corrected chi connectivity index (χ0v) is 37.6. The van der Waals surface area contributed by atoms with E-state index in [0.29, 0.717) is 0 Å². The summed E-state index contributed by atoms with van der Waals surface area (Å²) in [5, 5.41) is 4.57. The maximum Gasteiger partial charge on any atom is 0.143 e. The molecule has 314 valence electrons. The lowest BCUT2D eigenvalue weighted by Gasteiger charge is -2.29. The van der Waals surface area contributed by atoms with E-state index >= 15 is 0 Å². The van der Waals surface area contributed by atoms with Gasteiger partial charge in [0.15, 0.2) is 0 Å². The molecule has 0 radical (unpaired) electrons. The van der Waals surface area contributed by atoms with Gasteiger partial charge in [-0.2, -0.15) is 0 Å². The summed E-state index contributed by atoms with van der Waals surface area (Å²) in [6.45, 7) is 9.46. The highest BCUT2D eigenvalue weighted by molar-refractivity contribution is 6.19. The molecule has 2 heteroatoms. The Morgan fingerprint density at radius 2 is 0.970 bits per heavy atom. The van der Waals surface area contributed by atoms with E-state index in [-0.39, 0.29) is 10.8 Å². The second kappa shape index (κ2) is 14.3. The molecule has 0 fully saturated rings. The number of para-hydroxylation sites is 1. The Balaban J connectivity index is 0.983. The normalized spacial score (nSPS) is 14.0. The topological polar surface area (TPSA) is 16.4 Å². The third-order valence-corrected chi connectivity index (χ3v) is 14.9. The van der Waals surface area contributed by atoms with Crippen LogP contribution >= 0.6 is 0 Å². The Kier molecular flexibility index (Phi) is 8.33. The molecule has 0 aliphatic heterocycles. The highest BCUT2D eigenvalue weighted by Gasteiger charge is 2.38. The Morgan fingerprint density at radius 1 is 0.364 bits per heavy atom. The van der Waals surface area contributed by atoms with Crippen LogP contribution in [-0.2, 0) is 10.8 Å². The van der Waals surface area contributed by atoms with Crippen LogP contribution in [0.5, 0.6) is 0 Å². The van der Waals surface area contributed by atoms with Gasteiger partial charge >= 0.3 is 0 Å². The van der Waals surface area contributed by atoms with Crippen LogP contribution in [0.1, 0.15) is 49.9 Å². The first-order valence-electron chi connectivity index (χ1n) is 23.2. The fourth-order valence-electron chi connectivity index (χ4n) is 11.7. The Hall–Kier alpha value is -7.94. The van der Waals surface area contributed by atoms with Crippen LogP contribution in [0.2, 0.25) is 0 Å². The van der Waals surface area contributed by atoms with Gasteiger partial charge in [0.25, 0.3) is 0 Å².